The second-order valence-electron chi connectivity index (χ2n) is 5.92. The summed E-state index contributed by atoms with van der Waals surface area (Å²) in [6.07, 6.45) is 4.07. The number of amides is 2. The maximum atomic E-state index is 13.3. The Labute approximate surface area is 173 Å². The van der Waals surface area contributed by atoms with E-state index in [9.17, 15) is 9.18 Å². The molecule has 4 nitrogen and oxygen atoms in total. The van der Waals surface area contributed by atoms with Gasteiger partial charge in [-0.15, -0.1) is 0 Å². The molecular weight excluding hydrogens is 412 g/mol. The number of allylic oxidation sites excluding steroid dienone is 4. The summed E-state index contributed by atoms with van der Waals surface area (Å²) >= 11 is 18.4. The highest BCUT2D eigenvalue weighted by Gasteiger charge is 2.23. The molecule has 27 heavy (non-hydrogen) atoms. The highest BCUT2D eigenvalue weighted by Crippen LogP contribution is 2.27. The summed E-state index contributed by atoms with van der Waals surface area (Å²) in [5.41, 5.74) is 1.16. The zero-order chi connectivity index (χ0) is 20.0. The number of halogens is 4. The van der Waals surface area contributed by atoms with Gasteiger partial charge < -0.3 is 15.1 Å². The Morgan fingerprint density at radius 1 is 1.22 bits per heavy atom. The third-order valence-electron chi connectivity index (χ3n) is 4.16. The van der Waals surface area contributed by atoms with Gasteiger partial charge in [0.1, 0.15) is 5.82 Å². The normalized spacial score (nSPS) is 16.6. The molecule has 1 N–H and O–H groups in total. The van der Waals surface area contributed by atoms with E-state index in [0.717, 1.165) is 6.42 Å². The Balaban J connectivity index is 2.08. The molecule has 0 atom stereocenters. The van der Waals surface area contributed by atoms with Gasteiger partial charge in [0.05, 0.1) is 20.8 Å². The maximum Gasteiger partial charge on any atom is 0.321 e. The smallest absolute Gasteiger partial charge is 0.321 e. The molecule has 0 bridgehead atoms. The molecular formula is C19H21Cl3FN3O. The topological polar surface area (TPSA) is 35.6 Å². The number of nitrogens with zero attached hydrogens (tertiary/aromatic N) is 2. The molecule has 0 unspecified atom stereocenters. The van der Waals surface area contributed by atoms with Crippen LogP contribution in [0.15, 0.2) is 52.7 Å². The average molecular weight is 433 g/mol. The molecule has 0 aromatic heterocycles. The summed E-state index contributed by atoms with van der Waals surface area (Å²) in [6, 6.07) is 3.81. The molecule has 2 rings (SSSR count). The third-order valence-corrected chi connectivity index (χ3v) is 5.18. The van der Waals surface area contributed by atoms with Gasteiger partial charge in [0.2, 0.25) is 0 Å². The number of rotatable bonds is 4. The largest absolute Gasteiger partial charge is 0.367 e. The van der Waals surface area contributed by atoms with Gasteiger partial charge in [-0.3, -0.25) is 0 Å². The van der Waals surface area contributed by atoms with Crippen LogP contribution in [0.5, 0.6) is 0 Å². The summed E-state index contributed by atoms with van der Waals surface area (Å²) < 4.78 is 13.3. The van der Waals surface area contributed by atoms with Crippen LogP contribution < -0.4 is 5.32 Å². The molecule has 0 aliphatic carbocycles. The molecule has 1 aromatic rings. The van der Waals surface area contributed by atoms with Gasteiger partial charge in [-0.1, -0.05) is 47.5 Å². The fourth-order valence-electron chi connectivity index (χ4n) is 2.77. The van der Waals surface area contributed by atoms with Crippen LogP contribution in [0.2, 0.25) is 5.02 Å². The molecule has 1 aliphatic rings. The zero-order valence-corrected chi connectivity index (χ0v) is 17.2. The minimum Gasteiger partial charge on any atom is -0.367 e. The number of anilines is 1. The van der Waals surface area contributed by atoms with E-state index in [1.807, 2.05) is 11.8 Å². The van der Waals surface area contributed by atoms with Crippen LogP contribution in [0.1, 0.15) is 13.3 Å². The van der Waals surface area contributed by atoms with Crippen LogP contribution in [-0.4, -0.2) is 42.0 Å². The molecule has 1 heterocycles. The molecule has 0 saturated carbocycles. The van der Waals surface area contributed by atoms with Crippen molar-refractivity contribution in [2.24, 2.45) is 0 Å². The first-order valence-corrected chi connectivity index (χ1v) is 9.61. The second-order valence-corrected chi connectivity index (χ2v) is 7.15. The lowest BCUT2D eigenvalue weighted by Gasteiger charge is -2.27. The lowest BCUT2D eigenvalue weighted by molar-refractivity contribution is 0.213. The van der Waals surface area contributed by atoms with E-state index in [1.165, 1.54) is 18.2 Å². The van der Waals surface area contributed by atoms with Crippen LogP contribution in [-0.2, 0) is 0 Å². The van der Waals surface area contributed by atoms with E-state index in [1.54, 1.807) is 17.1 Å². The highest BCUT2D eigenvalue weighted by atomic mass is 35.5. The van der Waals surface area contributed by atoms with Gasteiger partial charge in [-0.05, 0) is 37.6 Å². The summed E-state index contributed by atoms with van der Waals surface area (Å²) in [4.78, 5) is 16.3. The fraction of sp³-hybridized carbons (Fsp3) is 0.316. The first-order valence-electron chi connectivity index (χ1n) is 8.47. The molecule has 0 radical (unpaired) electrons. The Morgan fingerprint density at radius 3 is 2.52 bits per heavy atom. The molecule has 146 valence electrons. The van der Waals surface area contributed by atoms with Gasteiger partial charge in [-0.2, -0.15) is 0 Å². The zero-order valence-electron chi connectivity index (χ0n) is 14.9. The minimum atomic E-state index is -0.528. The lowest BCUT2D eigenvalue weighted by Crippen LogP contribution is -2.38. The summed E-state index contributed by atoms with van der Waals surface area (Å²) in [5, 5.41) is 3.72. The van der Waals surface area contributed by atoms with Crippen LogP contribution in [0, 0.1) is 5.82 Å². The fourth-order valence-corrected chi connectivity index (χ4v) is 3.44. The number of hydrogen-bond donors (Lipinski definition) is 1. The van der Waals surface area contributed by atoms with Crippen LogP contribution in [0.25, 0.3) is 0 Å². The standard InChI is InChI=1S/C19H21Cl3FN3O/c1-3-14(20)18(15(21)4-2)25-8-5-9-26(11-10-25)19(27)24-13-6-7-17(23)16(22)12-13/h3-4,6-7,12H,1,5,8-11H2,2H3,(H,24,27)/b15-4+,18-14-. The van der Waals surface area contributed by atoms with Crippen molar-refractivity contribution >= 4 is 46.5 Å². The van der Waals surface area contributed by atoms with E-state index < -0.39 is 5.82 Å². The van der Waals surface area contributed by atoms with Gasteiger partial charge >= 0.3 is 6.03 Å². The Hall–Kier alpha value is -1.69. The van der Waals surface area contributed by atoms with Crippen molar-refractivity contribution in [2.45, 2.75) is 13.3 Å². The number of carbonyl (C=O) groups is 1. The second kappa shape index (κ2) is 10.0. The average Bonchev–Trinajstić information content (AvgIpc) is 2.90. The van der Waals surface area contributed by atoms with Crippen LogP contribution in [0.3, 0.4) is 0 Å². The Kier molecular flexibility index (Phi) is 8.02. The quantitative estimate of drug-likeness (QED) is 0.611. The minimum absolute atomic E-state index is 0.0373. The van der Waals surface area contributed by atoms with Crippen LogP contribution >= 0.6 is 34.8 Å². The van der Waals surface area contributed by atoms with Crippen molar-refractivity contribution in [1.29, 1.82) is 0 Å². The van der Waals surface area contributed by atoms with E-state index in [2.05, 4.69) is 11.9 Å². The number of benzene rings is 1. The SMILES string of the molecule is C=C/C(Cl)=C(\C(Cl)=C/C)N1CCCN(C(=O)Nc2ccc(F)c(Cl)c2)CC1. The number of nitrogens with one attached hydrogen (secondary N) is 1. The lowest BCUT2D eigenvalue weighted by atomic mass is 10.2. The van der Waals surface area contributed by atoms with Crippen LogP contribution in [0.4, 0.5) is 14.9 Å². The number of urea groups is 1. The van der Waals surface area contributed by atoms with Crippen molar-refractivity contribution in [3.05, 3.63) is 63.5 Å². The third kappa shape index (κ3) is 5.64. The monoisotopic (exact) mass is 431 g/mol. The summed E-state index contributed by atoms with van der Waals surface area (Å²) in [7, 11) is 0. The van der Waals surface area contributed by atoms with E-state index in [0.29, 0.717) is 47.6 Å². The predicted octanol–water partition coefficient (Wildman–Crippen LogP) is 5.80. The van der Waals surface area contributed by atoms with Crippen molar-refractivity contribution in [2.75, 3.05) is 31.5 Å². The van der Waals surface area contributed by atoms with Crippen molar-refractivity contribution < 1.29 is 9.18 Å². The van der Waals surface area contributed by atoms with Crippen molar-refractivity contribution in [3.8, 4) is 0 Å². The molecule has 1 fully saturated rings. The van der Waals surface area contributed by atoms with E-state index >= 15 is 0 Å². The number of carbonyl (C=O) groups excluding carboxylic acids is 1. The Bertz CT molecular complexity index is 779. The first kappa shape index (κ1) is 21.6. The van der Waals surface area contributed by atoms with Crippen molar-refractivity contribution in [1.82, 2.24) is 9.80 Å². The van der Waals surface area contributed by atoms with Crippen molar-refractivity contribution in [3.63, 3.8) is 0 Å². The van der Waals surface area contributed by atoms with E-state index in [4.69, 9.17) is 34.8 Å². The number of hydrogen-bond acceptors (Lipinski definition) is 2. The summed E-state index contributed by atoms with van der Waals surface area (Å²) in [5.74, 6) is -0.528. The van der Waals surface area contributed by atoms with E-state index in [-0.39, 0.29) is 11.1 Å². The molecule has 8 heteroatoms. The molecule has 2 amide bonds. The van der Waals surface area contributed by atoms with Gasteiger partial charge in [0.15, 0.2) is 0 Å². The molecule has 1 aromatic carbocycles. The summed E-state index contributed by atoms with van der Waals surface area (Å²) in [6.45, 7) is 7.87. The molecule has 0 spiro atoms. The first-order chi connectivity index (χ1) is 12.9. The highest BCUT2D eigenvalue weighted by molar-refractivity contribution is 6.36. The molecule has 1 aliphatic heterocycles. The maximum absolute atomic E-state index is 13.3. The molecule has 1 saturated heterocycles. The Morgan fingerprint density at radius 2 is 1.89 bits per heavy atom. The van der Waals surface area contributed by atoms with Gasteiger partial charge in [-0.25, -0.2) is 9.18 Å². The predicted molar refractivity (Wildman–Crippen MR) is 111 cm³/mol. The van der Waals surface area contributed by atoms with Gasteiger partial charge in [0, 0.05) is 31.9 Å². The van der Waals surface area contributed by atoms with Gasteiger partial charge in [0.25, 0.3) is 0 Å².